The molecule has 2 heterocycles. The molecule has 1 aliphatic heterocycles. The molecule has 0 saturated carbocycles. The van der Waals surface area contributed by atoms with Crippen LogP contribution in [0.25, 0.3) is 10.6 Å². The van der Waals surface area contributed by atoms with Gasteiger partial charge in [0.25, 0.3) is 0 Å². The molecule has 0 radical (unpaired) electrons. The number of nitrogens with one attached hydrogen (secondary N) is 1. The van der Waals surface area contributed by atoms with Gasteiger partial charge in [-0.1, -0.05) is 30.3 Å². The topological polar surface area (TPSA) is 62.3 Å². The zero-order valence-electron chi connectivity index (χ0n) is 13.0. The van der Waals surface area contributed by atoms with Gasteiger partial charge in [0.2, 0.25) is 11.8 Å². The minimum Gasteiger partial charge on any atom is -0.349 e. The largest absolute Gasteiger partial charge is 0.349 e. The summed E-state index contributed by atoms with van der Waals surface area (Å²) in [6, 6.07) is 9.64. The molecule has 1 aromatic carbocycles. The molecule has 0 bridgehead atoms. The predicted molar refractivity (Wildman–Crippen MR) is 89.8 cm³/mol. The van der Waals surface area contributed by atoms with Crippen LogP contribution < -0.4 is 5.32 Å². The third-order valence-corrected chi connectivity index (χ3v) is 4.92. The molecule has 1 aliphatic rings. The lowest BCUT2D eigenvalue weighted by molar-refractivity contribution is -0.136. The van der Waals surface area contributed by atoms with Crippen molar-refractivity contribution in [3.05, 3.63) is 41.4 Å². The van der Waals surface area contributed by atoms with Crippen LogP contribution in [0.2, 0.25) is 0 Å². The molecule has 1 unspecified atom stereocenters. The minimum absolute atomic E-state index is 0.0392. The molecule has 3 rings (SSSR count). The zero-order chi connectivity index (χ0) is 16.2. The summed E-state index contributed by atoms with van der Waals surface area (Å²) in [5.74, 6) is -0.130. The second-order valence-corrected chi connectivity index (χ2v) is 6.46. The Kier molecular flexibility index (Phi) is 4.71. The first kappa shape index (κ1) is 15.7. The fourth-order valence-electron chi connectivity index (χ4n) is 2.81. The van der Waals surface area contributed by atoms with Crippen LogP contribution in [0.4, 0.5) is 0 Å². The Morgan fingerprint density at radius 2 is 2.13 bits per heavy atom. The number of nitrogens with zero attached hydrogens (tertiary/aromatic N) is 2. The first-order valence-corrected chi connectivity index (χ1v) is 8.58. The van der Waals surface area contributed by atoms with Crippen molar-refractivity contribution in [3.63, 3.8) is 0 Å². The van der Waals surface area contributed by atoms with Gasteiger partial charge in [0.1, 0.15) is 11.0 Å². The number of hydrogen-bond acceptors (Lipinski definition) is 4. The van der Waals surface area contributed by atoms with Gasteiger partial charge in [0.05, 0.1) is 12.2 Å². The molecule has 6 heteroatoms. The van der Waals surface area contributed by atoms with Crippen LogP contribution in [0, 0.1) is 0 Å². The van der Waals surface area contributed by atoms with E-state index < -0.39 is 0 Å². The molecule has 0 spiro atoms. The van der Waals surface area contributed by atoms with Crippen molar-refractivity contribution in [2.45, 2.75) is 32.4 Å². The molecule has 120 valence electrons. The molecule has 1 N–H and O–H groups in total. The summed E-state index contributed by atoms with van der Waals surface area (Å²) >= 11 is 1.57. The fraction of sp³-hybridized carbons (Fsp3) is 0.353. The third kappa shape index (κ3) is 3.59. The van der Waals surface area contributed by atoms with E-state index in [0.29, 0.717) is 13.1 Å². The van der Waals surface area contributed by atoms with Gasteiger partial charge >= 0.3 is 0 Å². The molecular weight excluding hydrogens is 310 g/mol. The molecule has 1 atom stereocenters. The van der Waals surface area contributed by atoms with Gasteiger partial charge in [0, 0.05) is 24.4 Å². The molecule has 23 heavy (non-hydrogen) atoms. The fourth-order valence-corrected chi connectivity index (χ4v) is 3.64. The SMILES string of the molecule is CC(=O)N1CCCC1C(=O)NCc1csc(-c2ccccc2)n1. The van der Waals surface area contributed by atoms with Crippen LogP contribution in [0.5, 0.6) is 0 Å². The minimum atomic E-state index is -0.334. The Balaban J connectivity index is 1.60. The van der Waals surface area contributed by atoms with Crippen LogP contribution in [0.3, 0.4) is 0 Å². The number of amides is 2. The first-order chi connectivity index (χ1) is 11.1. The molecule has 1 fully saturated rings. The lowest BCUT2D eigenvalue weighted by atomic mass is 10.2. The van der Waals surface area contributed by atoms with Crippen molar-refractivity contribution >= 4 is 23.2 Å². The lowest BCUT2D eigenvalue weighted by Gasteiger charge is -2.22. The first-order valence-electron chi connectivity index (χ1n) is 7.70. The summed E-state index contributed by atoms with van der Waals surface area (Å²) < 4.78 is 0. The highest BCUT2D eigenvalue weighted by atomic mass is 32.1. The van der Waals surface area contributed by atoms with Crippen molar-refractivity contribution in [2.75, 3.05) is 6.54 Å². The van der Waals surface area contributed by atoms with Crippen LogP contribution in [0.1, 0.15) is 25.5 Å². The van der Waals surface area contributed by atoms with E-state index in [-0.39, 0.29) is 17.9 Å². The van der Waals surface area contributed by atoms with Crippen LogP contribution in [-0.2, 0) is 16.1 Å². The van der Waals surface area contributed by atoms with E-state index in [1.165, 1.54) is 6.92 Å². The van der Waals surface area contributed by atoms with E-state index in [4.69, 9.17) is 0 Å². The number of hydrogen-bond donors (Lipinski definition) is 1. The summed E-state index contributed by atoms with van der Waals surface area (Å²) in [6.07, 6.45) is 1.62. The van der Waals surface area contributed by atoms with Gasteiger partial charge < -0.3 is 10.2 Å². The van der Waals surface area contributed by atoms with Crippen LogP contribution >= 0.6 is 11.3 Å². The van der Waals surface area contributed by atoms with Gasteiger partial charge in [-0.05, 0) is 12.8 Å². The predicted octanol–water partition coefficient (Wildman–Crippen LogP) is 2.44. The average molecular weight is 329 g/mol. The summed E-state index contributed by atoms with van der Waals surface area (Å²) in [6.45, 7) is 2.57. The summed E-state index contributed by atoms with van der Waals surface area (Å²) in [5, 5.41) is 5.81. The average Bonchev–Trinajstić information content (AvgIpc) is 3.23. The smallest absolute Gasteiger partial charge is 0.243 e. The molecule has 1 saturated heterocycles. The lowest BCUT2D eigenvalue weighted by Crippen LogP contribution is -2.44. The van der Waals surface area contributed by atoms with E-state index in [1.54, 1.807) is 16.2 Å². The standard InChI is InChI=1S/C17H19N3O2S/c1-12(21)20-9-5-8-15(20)16(22)18-10-14-11-23-17(19-14)13-6-3-2-4-7-13/h2-4,6-7,11,15H,5,8-10H2,1H3,(H,18,22). The number of benzene rings is 1. The number of thiazole rings is 1. The van der Waals surface area contributed by atoms with Gasteiger partial charge in [-0.3, -0.25) is 9.59 Å². The van der Waals surface area contributed by atoms with Gasteiger partial charge in [-0.25, -0.2) is 4.98 Å². The van der Waals surface area contributed by atoms with Gasteiger partial charge in [-0.15, -0.1) is 11.3 Å². The summed E-state index contributed by atoms with van der Waals surface area (Å²) in [7, 11) is 0. The second kappa shape index (κ2) is 6.91. The van der Waals surface area contributed by atoms with Crippen molar-refractivity contribution in [2.24, 2.45) is 0 Å². The van der Waals surface area contributed by atoms with E-state index in [2.05, 4.69) is 10.3 Å². The number of aromatic nitrogens is 1. The zero-order valence-corrected chi connectivity index (χ0v) is 13.8. The van der Waals surface area contributed by atoms with Crippen LogP contribution in [-0.4, -0.2) is 34.3 Å². The Hall–Kier alpha value is -2.21. The van der Waals surface area contributed by atoms with Crippen molar-refractivity contribution in [3.8, 4) is 10.6 Å². The highest BCUT2D eigenvalue weighted by molar-refractivity contribution is 7.13. The maximum absolute atomic E-state index is 12.3. The van der Waals surface area contributed by atoms with Crippen molar-refractivity contribution < 1.29 is 9.59 Å². The van der Waals surface area contributed by atoms with Crippen molar-refractivity contribution in [1.82, 2.24) is 15.2 Å². The highest BCUT2D eigenvalue weighted by Gasteiger charge is 2.32. The Labute approximate surface area is 139 Å². The van der Waals surface area contributed by atoms with E-state index in [0.717, 1.165) is 29.1 Å². The summed E-state index contributed by atoms with van der Waals surface area (Å²) in [5.41, 5.74) is 1.92. The van der Waals surface area contributed by atoms with Gasteiger partial charge in [-0.2, -0.15) is 0 Å². The number of carbonyl (C=O) groups excluding carboxylic acids is 2. The van der Waals surface area contributed by atoms with E-state index in [1.807, 2.05) is 35.7 Å². The molecule has 2 amide bonds. The summed E-state index contributed by atoms with van der Waals surface area (Å²) in [4.78, 5) is 30.0. The highest BCUT2D eigenvalue weighted by Crippen LogP contribution is 2.23. The molecule has 0 aliphatic carbocycles. The monoisotopic (exact) mass is 329 g/mol. The van der Waals surface area contributed by atoms with E-state index >= 15 is 0 Å². The van der Waals surface area contributed by atoms with E-state index in [9.17, 15) is 9.59 Å². The van der Waals surface area contributed by atoms with Gasteiger partial charge in [0.15, 0.2) is 0 Å². The number of rotatable bonds is 4. The molecule has 2 aromatic rings. The molecular formula is C17H19N3O2S. The molecule has 1 aromatic heterocycles. The Bertz CT molecular complexity index is 699. The molecule has 5 nitrogen and oxygen atoms in total. The Morgan fingerprint density at radius 1 is 1.35 bits per heavy atom. The maximum Gasteiger partial charge on any atom is 0.243 e. The van der Waals surface area contributed by atoms with Crippen molar-refractivity contribution in [1.29, 1.82) is 0 Å². The number of carbonyl (C=O) groups is 2. The quantitative estimate of drug-likeness (QED) is 0.937. The Morgan fingerprint density at radius 3 is 2.87 bits per heavy atom. The second-order valence-electron chi connectivity index (χ2n) is 5.60. The number of likely N-dealkylation sites (tertiary alicyclic amines) is 1. The van der Waals surface area contributed by atoms with Crippen LogP contribution in [0.15, 0.2) is 35.7 Å². The maximum atomic E-state index is 12.3. The normalized spacial score (nSPS) is 17.3. The third-order valence-electron chi connectivity index (χ3n) is 3.98.